The lowest BCUT2D eigenvalue weighted by molar-refractivity contribution is 0.613. The first kappa shape index (κ1) is 18.3. The van der Waals surface area contributed by atoms with Crippen molar-refractivity contribution in [2.75, 3.05) is 11.5 Å². The van der Waals surface area contributed by atoms with Gasteiger partial charge in [-0.05, 0) is 56.6 Å². The first-order valence-electron chi connectivity index (χ1n) is 9.08. The van der Waals surface area contributed by atoms with Crippen molar-refractivity contribution in [1.29, 1.82) is 0 Å². The van der Waals surface area contributed by atoms with Gasteiger partial charge in [0.05, 0.1) is 11.7 Å². The molecule has 0 aliphatic rings. The normalized spacial score (nSPS) is 11.5. The number of thioether (sulfide) groups is 1. The van der Waals surface area contributed by atoms with Crippen LogP contribution in [0.3, 0.4) is 0 Å². The highest BCUT2D eigenvalue weighted by Gasteiger charge is 2.13. The Bertz CT molecular complexity index is 619. The number of imidazole rings is 1. The Hall–Kier alpha value is -1.03. The SMILES string of the molecule is CCCCSCCCCn1c(CCC)nc2cnc(C)c(C)c21. The van der Waals surface area contributed by atoms with Crippen molar-refractivity contribution < 1.29 is 0 Å². The van der Waals surface area contributed by atoms with Crippen molar-refractivity contribution >= 4 is 22.8 Å². The second-order valence-electron chi connectivity index (χ2n) is 6.31. The van der Waals surface area contributed by atoms with Gasteiger partial charge in [-0.3, -0.25) is 4.98 Å². The Kier molecular flexibility index (Phi) is 7.41. The summed E-state index contributed by atoms with van der Waals surface area (Å²) < 4.78 is 2.46. The average molecular weight is 334 g/mol. The highest BCUT2D eigenvalue weighted by Crippen LogP contribution is 2.23. The predicted octanol–water partition coefficient (Wildman–Crippen LogP) is 5.31. The van der Waals surface area contributed by atoms with E-state index < -0.39 is 0 Å². The summed E-state index contributed by atoms with van der Waals surface area (Å²) in [5.41, 5.74) is 4.78. The van der Waals surface area contributed by atoms with E-state index in [1.54, 1.807) is 0 Å². The van der Waals surface area contributed by atoms with E-state index >= 15 is 0 Å². The molecule has 0 aliphatic heterocycles. The molecule has 0 atom stereocenters. The third-order valence-electron chi connectivity index (χ3n) is 4.39. The Balaban J connectivity index is 2.05. The van der Waals surface area contributed by atoms with E-state index in [-0.39, 0.29) is 0 Å². The molecule has 0 bridgehead atoms. The highest BCUT2D eigenvalue weighted by molar-refractivity contribution is 7.99. The fourth-order valence-corrected chi connectivity index (χ4v) is 4.01. The maximum absolute atomic E-state index is 4.84. The molecule has 0 aromatic carbocycles. The van der Waals surface area contributed by atoms with Crippen LogP contribution in [0.15, 0.2) is 6.20 Å². The molecule has 0 amide bonds. The summed E-state index contributed by atoms with van der Waals surface area (Å²) in [7, 11) is 0. The molecule has 2 aromatic rings. The number of rotatable bonds is 10. The van der Waals surface area contributed by atoms with Gasteiger partial charge in [0.2, 0.25) is 0 Å². The molecule has 4 heteroatoms. The van der Waals surface area contributed by atoms with Gasteiger partial charge >= 0.3 is 0 Å². The Morgan fingerprint density at radius 1 is 1.04 bits per heavy atom. The molecule has 2 aromatic heterocycles. The van der Waals surface area contributed by atoms with Crippen LogP contribution in [0.4, 0.5) is 0 Å². The number of nitrogens with zero attached hydrogens (tertiary/aromatic N) is 3. The van der Waals surface area contributed by atoms with Crippen molar-refractivity contribution in [2.45, 2.75) is 72.8 Å². The molecule has 0 saturated heterocycles. The van der Waals surface area contributed by atoms with E-state index in [4.69, 9.17) is 4.98 Å². The molecule has 0 fully saturated rings. The van der Waals surface area contributed by atoms with Crippen LogP contribution in [-0.2, 0) is 13.0 Å². The van der Waals surface area contributed by atoms with Crippen molar-refractivity contribution in [2.24, 2.45) is 0 Å². The third-order valence-corrected chi connectivity index (χ3v) is 5.54. The van der Waals surface area contributed by atoms with Gasteiger partial charge in [0.15, 0.2) is 0 Å². The molecule has 128 valence electrons. The molecule has 0 spiro atoms. The van der Waals surface area contributed by atoms with E-state index in [1.165, 1.54) is 54.1 Å². The summed E-state index contributed by atoms with van der Waals surface area (Å²) in [6.07, 6.45) is 9.32. The van der Waals surface area contributed by atoms with Gasteiger partial charge in [-0.2, -0.15) is 11.8 Å². The van der Waals surface area contributed by atoms with E-state index in [0.717, 1.165) is 30.6 Å². The van der Waals surface area contributed by atoms with Crippen LogP contribution >= 0.6 is 11.8 Å². The van der Waals surface area contributed by atoms with Crippen molar-refractivity contribution in [3.05, 3.63) is 23.3 Å². The Labute approximate surface area is 145 Å². The lowest BCUT2D eigenvalue weighted by Crippen LogP contribution is -2.06. The molecular formula is C19H31N3S. The monoisotopic (exact) mass is 333 g/mol. The van der Waals surface area contributed by atoms with Crippen LogP contribution in [0.2, 0.25) is 0 Å². The summed E-state index contributed by atoms with van der Waals surface area (Å²) in [4.78, 5) is 9.32. The van der Waals surface area contributed by atoms with Crippen LogP contribution in [0, 0.1) is 13.8 Å². The standard InChI is InChI=1S/C19H31N3S/c1-5-7-12-23-13-9-8-11-22-18(10-6-2)21-17-14-20-16(4)15(3)19(17)22/h14H,5-13H2,1-4H3. The molecule has 0 aliphatic carbocycles. The van der Waals surface area contributed by atoms with Crippen molar-refractivity contribution in [3.8, 4) is 0 Å². The number of pyridine rings is 1. The summed E-state index contributed by atoms with van der Waals surface area (Å²) in [6.45, 7) is 9.85. The first-order chi connectivity index (χ1) is 11.2. The summed E-state index contributed by atoms with van der Waals surface area (Å²) >= 11 is 2.10. The van der Waals surface area contributed by atoms with Crippen LogP contribution in [0.25, 0.3) is 11.0 Å². The number of fused-ring (bicyclic) bond motifs is 1. The number of hydrogen-bond donors (Lipinski definition) is 0. The highest BCUT2D eigenvalue weighted by atomic mass is 32.2. The zero-order chi connectivity index (χ0) is 16.7. The molecule has 0 radical (unpaired) electrons. The van der Waals surface area contributed by atoms with Gasteiger partial charge in [0.25, 0.3) is 0 Å². The lowest BCUT2D eigenvalue weighted by Gasteiger charge is -2.11. The van der Waals surface area contributed by atoms with Gasteiger partial charge in [0.1, 0.15) is 11.3 Å². The predicted molar refractivity (Wildman–Crippen MR) is 102 cm³/mol. The number of hydrogen-bond acceptors (Lipinski definition) is 3. The molecular weight excluding hydrogens is 302 g/mol. The maximum atomic E-state index is 4.84. The minimum Gasteiger partial charge on any atom is -0.328 e. The lowest BCUT2D eigenvalue weighted by atomic mass is 10.2. The van der Waals surface area contributed by atoms with Crippen LogP contribution < -0.4 is 0 Å². The van der Waals surface area contributed by atoms with Gasteiger partial charge in [-0.25, -0.2) is 4.98 Å². The zero-order valence-corrected chi connectivity index (χ0v) is 16.0. The first-order valence-corrected chi connectivity index (χ1v) is 10.2. The molecule has 3 nitrogen and oxygen atoms in total. The van der Waals surface area contributed by atoms with E-state index in [1.807, 2.05) is 6.20 Å². The summed E-state index contributed by atoms with van der Waals surface area (Å²) in [5, 5.41) is 0. The van der Waals surface area contributed by atoms with Crippen molar-refractivity contribution in [1.82, 2.24) is 14.5 Å². The molecule has 0 unspecified atom stereocenters. The quantitative estimate of drug-likeness (QED) is 0.552. The Morgan fingerprint density at radius 2 is 1.83 bits per heavy atom. The summed E-state index contributed by atoms with van der Waals surface area (Å²) in [6, 6.07) is 0. The topological polar surface area (TPSA) is 30.7 Å². The van der Waals surface area contributed by atoms with Crippen LogP contribution in [0.1, 0.15) is 63.0 Å². The van der Waals surface area contributed by atoms with Crippen LogP contribution in [-0.4, -0.2) is 26.0 Å². The van der Waals surface area contributed by atoms with E-state index in [2.05, 4.69) is 49.0 Å². The zero-order valence-electron chi connectivity index (χ0n) is 15.2. The summed E-state index contributed by atoms with van der Waals surface area (Å²) in [5.74, 6) is 3.84. The number of aromatic nitrogens is 3. The second-order valence-corrected chi connectivity index (χ2v) is 7.53. The number of unbranched alkanes of at least 4 members (excludes halogenated alkanes) is 2. The third kappa shape index (κ3) is 4.72. The molecule has 2 heterocycles. The largest absolute Gasteiger partial charge is 0.328 e. The second kappa shape index (κ2) is 9.31. The molecule has 0 saturated carbocycles. The minimum atomic E-state index is 1.05. The smallest absolute Gasteiger partial charge is 0.109 e. The molecule has 0 N–H and O–H groups in total. The fraction of sp³-hybridized carbons (Fsp3) is 0.684. The van der Waals surface area contributed by atoms with E-state index in [9.17, 15) is 0 Å². The van der Waals surface area contributed by atoms with Gasteiger partial charge < -0.3 is 4.57 Å². The van der Waals surface area contributed by atoms with E-state index in [0.29, 0.717) is 0 Å². The average Bonchev–Trinajstić information content (AvgIpc) is 2.89. The van der Waals surface area contributed by atoms with Gasteiger partial charge in [0, 0.05) is 18.7 Å². The fourth-order valence-electron chi connectivity index (χ4n) is 2.91. The number of aryl methyl sites for hydroxylation is 4. The Morgan fingerprint density at radius 3 is 2.57 bits per heavy atom. The minimum absolute atomic E-state index is 1.05. The molecule has 23 heavy (non-hydrogen) atoms. The van der Waals surface area contributed by atoms with Crippen LogP contribution in [0.5, 0.6) is 0 Å². The van der Waals surface area contributed by atoms with Crippen molar-refractivity contribution in [3.63, 3.8) is 0 Å². The van der Waals surface area contributed by atoms with Gasteiger partial charge in [-0.1, -0.05) is 20.3 Å². The molecule has 2 rings (SSSR count). The maximum Gasteiger partial charge on any atom is 0.109 e. The van der Waals surface area contributed by atoms with Gasteiger partial charge in [-0.15, -0.1) is 0 Å².